The zero-order valence-electron chi connectivity index (χ0n) is 29.8. The summed E-state index contributed by atoms with van der Waals surface area (Å²) in [4.78, 5) is 87.2. The van der Waals surface area contributed by atoms with Crippen LogP contribution in [0.15, 0.2) is 24.8 Å². The number of nitrogens with two attached hydrogens (primary N) is 1. The van der Waals surface area contributed by atoms with E-state index in [2.05, 4.69) is 34.4 Å². The van der Waals surface area contributed by atoms with Gasteiger partial charge < -0.3 is 50.9 Å². The first-order valence-corrected chi connectivity index (χ1v) is 21.7. The summed E-state index contributed by atoms with van der Waals surface area (Å²) in [5, 5.41) is 26.2. The second kappa shape index (κ2) is 19.6. The fraction of sp³-hybridized carbons (Fsp3) is 0.630. The van der Waals surface area contributed by atoms with Crippen molar-refractivity contribution >= 4 is 69.1 Å². The fourth-order valence-corrected chi connectivity index (χ4v) is 8.01. The van der Waals surface area contributed by atoms with Gasteiger partial charge in [-0.3, -0.25) is 32.5 Å². The van der Waals surface area contributed by atoms with Gasteiger partial charge in [-0.25, -0.2) is 28.6 Å². The molecule has 24 nitrogen and oxygen atoms in total. The Hall–Kier alpha value is -2.70. The highest BCUT2D eigenvalue weighted by Crippen LogP contribution is 2.61. The van der Waals surface area contributed by atoms with Gasteiger partial charge in [0, 0.05) is 30.7 Å². The Kier molecular flexibility index (Phi) is 16.7. The maximum absolute atomic E-state index is 12.7. The second-order valence-corrected chi connectivity index (χ2v) is 18.2. The van der Waals surface area contributed by atoms with E-state index in [0.717, 1.165) is 29.0 Å². The van der Waals surface area contributed by atoms with Gasteiger partial charge in [0.25, 0.3) is 0 Å². The number of nitrogen functional groups attached to an aromatic ring is 1. The highest BCUT2D eigenvalue weighted by molar-refractivity contribution is 8.14. The van der Waals surface area contributed by atoms with Gasteiger partial charge in [0.1, 0.15) is 36.3 Å². The van der Waals surface area contributed by atoms with E-state index in [1.807, 2.05) is 13.8 Å². The lowest BCUT2D eigenvalue weighted by Gasteiger charge is -2.30. The summed E-state index contributed by atoms with van der Waals surface area (Å²) in [7, 11) is -16.4. The number of aliphatic hydroxyl groups excluding tert-OH is 2. The molecule has 310 valence electrons. The zero-order chi connectivity index (χ0) is 41.4. The zero-order valence-corrected chi connectivity index (χ0v) is 33.3. The third-order valence-corrected chi connectivity index (χ3v) is 11.3. The maximum atomic E-state index is 12.7. The number of aromatic nitrogens is 4. The lowest BCUT2D eigenvalue weighted by molar-refractivity contribution is -0.137. The number of imidazole rings is 1. The van der Waals surface area contributed by atoms with Crippen LogP contribution in [0.25, 0.3) is 11.2 Å². The van der Waals surface area contributed by atoms with Crippen molar-refractivity contribution in [3.05, 3.63) is 24.8 Å². The largest absolute Gasteiger partial charge is 0.481 e. The van der Waals surface area contributed by atoms with E-state index >= 15 is 0 Å². The number of rotatable bonds is 21. The molecule has 2 aromatic rings. The number of amides is 2. The second-order valence-electron chi connectivity index (χ2n) is 12.8. The molecule has 1 aliphatic heterocycles. The topological polar surface area (TPSA) is 364 Å². The SMILES string of the molecule is CC(C)/C=C/C(=O)SCCNC(=O)CCNC(=O)[C@H](O)C(C)(C)COP(=O)(O)OP(=O)(O)OC[C@H]1O[C@@H](n2cnc3c(N)ncnc32)[C@H](O)[C@@H]1OP(=O)(O)O. The summed E-state index contributed by atoms with van der Waals surface area (Å²) >= 11 is 1.03. The molecule has 0 saturated carbocycles. The number of nitrogens with one attached hydrogen (secondary N) is 2. The van der Waals surface area contributed by atoms with Crippen molar-refractivity contribution in [3.8, 4) is 0 Å². The number of allylic oxidation sites excluding steroid dienone is 1. The molecule has 2 aromatic heterocycles. The number of phosphoric acid groups is 3. The van der Waals surface area contributed by atoms with Gasteiger partial charge in [0.05, 0.1) is 19.5 Å². The molecule has 3 rings (SSSR count). The standard InChI is InChI=1S/C27H44N7O17P3S/c1-15(2)5-6-18(36)55-10-9-29-17(35)7-8-30-25(39)22(38)27(3,4)12-48-54(45,46)51-53(43,44)47-11-16-21(50-52(40,41)42)20(37)26(49-16)34-14-33-19-23(28)31-13-32-24(19)34/h5-6,13-16,20-22,26,37-38H,7-12H2,1-4H3,(H,29,35)(H,30,39)(H,43,44)(H,45,46)(H2,28,31,32)(H2,40,41,42)/b6-5+/t16-,20-,21-,22+,26-/m1/s1. The normalized spacial score (nSPS) is 22.1. The van der Waals surface area contributed by atoms with Crippen LogP contribution >= 0.6 is 35.2 Å². The number of hydrogen-bond donors (Lipinski definition) is 9. The Morgan fingerprint density at radius 3 is 2.40 bits per heavy atom. The van der Waals surface area contributed by atoms with Crippen LogP contribution in [0.5, 0.6) is 0 Å². The van der Waals surface area contributed by atoms with E-state index in [1.165, 1.54) is 19.9 Å². The van der Waals surface area contributed by atoms with E-state index < -0.39 is 84.6 Å². The first kappa shape index (κ1) is 46.7. The van der Waals surface area contributed by atoms with Crippen LogP contribution in [0.1, 0.15) is 40.3 Å². The van der Waals surface area contributed by atoms with Crippen LogP contribution < -0.4 is 16.4 Å². The third kappa shape index (κ3) is 14.6. The summed E-state index contributed by atoms with van der Waals surface area (Å²) < 4.78 is 62.0. The van der Waals surface area contributed by atoms with E-state index in [9.17, 15) is 57.9 Å². The highest BCUT2D eigenvalue weighted by Gasteiger charge is 2.50. The van der Waals surface area contributed by atoms with E-state index in [1.54, 1.807) is 6.08 Å². The molecule has 55 heavy (non-hydrogen) atoms. The Morgan fingerprint density at radius 2 is 1.75 bits per heavy atom. The van der Waals surface area contributed by atoms with Crippen LogP contribution in [0.4, 0.5) is 5.82 Å². The number of ether oxygens (including phenoxy) is 1. The lowest BCUT2D eigenvalue weighted by atomic mass is 9.87. The minimum Gasteiger partial charge on any atom is -0.386 e. The molecule has 2 amide bonds. The predicted octanol–water partition coefficient (Wildman–Crippen LogP) is -0.123. The molecule has 0 bridgehead atoms. The number of aliphatic hydroxyl groups is 2. The molecular weight excluding hydrogens is 819 g/mol. The minimum atomic E-state index is -5.57. The summed E-state index contributed by atoms with van der Waals surface area (Å²) in [6, 6.07) is 0. The summed E-state index contributed by atoms with van der Waals surface area (Å²) in [6.45, 7) is 4.33. The number of carbonyl (C=O) groups is 3. The molecular formula is C27H44N7O17P3S. The molecule has 0 spiro atoms. The fourth-order valence-electron chi connectivity index (χ4n) is 4.60. The molecule has 28 heteroatoms. The van der Waals surface area contributed by atoms with Gasteiger partial charge in [-0.1, -0.05) is 45.5 Å². The molecule has 1 aliphatic rings. The molecule has 7 atom stereocenters. The smallest absolute Gasteiger partial charge is 0.386 e. The molecule has 0 aromatic carbocycles. The average Bonchev–Trinajstić information content (AvgIpc) is 3.63. The monoisotopic (exact) mass is 863 g/mol. The van der Waals surface area contributed by atoms with E-state index in [-0.39, 0.29) is 47.5 Å². The molecule has 0 aliphatic carbocycles. The Balaban J connectivity index is 1.50. The first-order chi connectivity index (χ1) is 25.4. The number of hydrogen-bond acceptors (Lipinski definition) is 18. The van der Waals surface area contributed by atoms with Crippen molar-refractivity contribution < 1.29 is 80.5 Å². The van der Waals surface area contributed by atoms with Crippen molar-refractivity contribution in [1.82, 2.24) is 30.2 Å². The van der Waals surface area contributed by atoms with Gasteiger partial charge >= 0.3 is 23.5 Å². The Labute approximate surface area is 318 Å². The van der Waals surface area contributed by atoms with Crippen LogP contribution in [0, 0.1) is 11.3 Å². The van der Waals surface area contributed by atoms with E-state index in [4.69, 9.17) is 19.5 Å². The summed E-state index contributed by atoms with van der Waals surface area (Å²) in [5.41, 5.74) is 4.26. The average molecular weight is 864 g/mol. The van der Waals surface area contributed by atoms with Crippen molar-refractivity contribution in [2.24, 2.45) is 11.3 Å². The number of anilines is 1. The van der Waals surface area contributed by atoms with E-state index in [0.29, 0.717) is 5.75 Å². The molecule has 0 radical (unpaired) electrons. The molecule has 2 unspecified atom stereocenters. The highest BCUT2D eigenvalue weighted by atomic mass is 32.2. The number of phosphoric ester groups is 3. The number of thioether (sulfide) groups is 1. The van der Waals surface area contributed by atoms with Crippen molar-refractivity contribution in [3.63, 3.8) is 0 Å². The summed E-state index contributed by atoms with van der Waals surface area (Å²) in [5.74, 6) is -0.911. The third-order valence-electron chi connectivity index (χ3n) is 7.36. The van der Waals surface area contributed by atoms with Crippen molar-refractivity contribution in [1.29, 1.82) is 0 Å². The predicted molar refractivity (Wildman–Crippen MR) is 191 cm³/mol. The molecule has 3 heterocycles. The number of fused-ring (bicyclic) bond motifs is 1. The number of carbonyl (C=O) groups excluding carboxylic acids is 3. The van der Waals surface area contributed by atoms with Crippen LogP contribution in [-0.4, -0.2) is 123 Å². The lowest BCUT2D eigenvalue weighted by Crippen LogP contribution is -2.46. The van der Waals surface area contributed by atoms with Crippen LogP contribution in [-0.2, 0) is 50.7 Å². The Morgan fingerprint density at radius 1 is 1.07 bits per heavy atom. The molecule has 1 saturated heterocycles. The van der Waals surface area contributed by atoms with Gasteiger partial charge in [-0.2, -0.15) is 4.31 Å². The van der Waals surface area contributed by atoms with Crippen molar-refractivity contribution in [2.45, 2.75) is 64.8 Å². The van der Waals surface area contributed by atoms with Crippen molar-refractivity contribution in [2.75, 3.05) is 37.8 Å². The van der Waals surface area contributed by atoms with Gasteiger partial charge in [0.2, 0.25) is 16.9 Å². The minimum absolute atomic E-state index is 0.0301. The first-order valence-electron chi connectivity index (χ1n) is 16.2. The number of nitrogens with zero attached hydrogens (tertiary/aromatic N) is 4. The molecule has 10 N–H and O–H groups in total. The van der Waals surface area contributed by atoms with Gasteiger partial charge in [0.15, 0.2) is 17.7 Å². The van der Waals surface area contributed by atoms with Gasteiger partial charge in [-0.05, 0) is 12.0 Å². The maximum Gasteiger partial charge on any atom is 0.481 e. The summed E-state index contributed by atoms with van der Waals surface area (Å²) in [6.07, 6.45) is -3.70. The molecule has 1 fully saturated rings. The van der Waals surface area contributed by atoms with Gasteiger partial charge in [-0.15, -0.1) is 0 Å². The van der Waals surface area contributed by atoms with Crippen LogP contribution in [0.3, 0.4) is 0 Å². The quantitative estimate of drug-likeness (QED) is 0.0448. The Bertz CT molecular complexity index is 1840. The van der Waals surface area contributed by atoms with Crippen LogP contribution in [0.2, 0.25) is 0 Å².